The van der Waals surface area contributed by atoms with Gasteiger partial charge in [0.25, 0.3) is 0 Å². The van der Waals surface area contributed by atoms with Gasteiger partial charge in [-0.2, -0.15) is 9.03 Å². The van der Waals surface area contributed by atoms with Crippen molar-refractivity contribution in [3.05, 3.63) is 283 Å². The predicted molar refractivity (Wildman–Crippen MR) is 562 cm³/mol. The van der Waals surface area contributed by atoms with Crippen LogP contribution in [0.15, 0.2) is 198 Å². The number of thiazole rings is 4. The van der Waals surface area contributed by atoms with Gasteiger partial charge in [-0.3, -0.25) is 14.2 Å². The number of nitrogens with one attached hydrogen (secondary N) is 1. The van der Waals surface area contributed by atoms with E-state index in [-0.39, 0.29) is 97.2 Å². The largest absolute Gasteiger partial charge is 0.535 e. The zero-order chi connectivity index (χ0) is 102. The number of hydrogen-bond acceptors (Lipinski definition) is 31. The molecule has 0 saturated carbocycles. The van der Waals surface area contributed by atoms with Crippen LogP contribution >= 0.6 is 93.1 Å². The first-order valence-corrected chi connectivity index (χ1v) is 56.3. The normalized spacial score (nSPS) is 12.7. The van der Waals surface area contributed by atoms with Crippen molar-refractivity contribution in [1.29, 1.82) is 0 Å². The summed E-state index contributed by atoms with van der Waals surface area (Å²) in [6, 6.07) is 32.0. The number of hydrogen-bond donors (Lipinski definition) is 7. The number of carboxylic acids is 1. The third-order valence-electron chi connectivity index (χ3n) is 20.6. The molecule has 0 aliphatic carbocycles. The molecule has 12 N–H and O–H groups in total. The molecule has 1 fully saturated rings. The number of halogens is 7. The van der Waals surface area contributed by atoms with Crippen LogP contribution in [0.3, 0.4) is 0 Å². The van der Waals surface area contributed by atoms with E-state index in [2.05, 4.69) is 200 Å². The minimum absolute atomic E-state index is 0.0321. The maximum Gasteiger partial charge on any atom is 0.496 e. The quantitative estimate of drug-likeness (QED) is 0.0171. The number of aryl methyl sites for hydroxylation is 4. The Kier molecular flexibility index (Phi) is 34.3. The number of anilines is 4. The van der Waals surface area contributed by atoms with Gasteiger partial charge in [-0.25, -0.2) is 87.3 Å². The number of nitrogens with zero attached hydrogens (tertiary/aromatic N) is 21. The number of nitrogen functional groups attached to an aromatic ring is 4. The van der Waals surface area contributed by atoms with E-state index < -0.39 is 22.5 Å². The first-order valence-electron chi connectivity index (χ1n) is 43.5. The lowest BCUT2D eigenvalue weighted by Crippen LogP contribution is -2.41. The van der Waals surface area contributed by atoms with Gasteiger partial charge < -0.3 is 61.6 Å². The molecule has 14 aromatic heterocycles. The highest BCUT2D eigenvalue weighted by molar-refractivity contribution is 9.11. The van der Waals surface area contributed by atoms with Crippen LogP contribution in [0.25, 0.3) is 78.7 Å². The van der Waals surface area contributed by atoms with Crippen molar-refractivity contribution < 1.29 is 46.0 Å². The second-order valence-electron chi connectivity index (χ2n) is 34.6. The van der Waals surface area contributed by atoms with Crippen LogP contribution in [0.5, 0.6) is 0 Å². The number of benzene rings is 4. The fourth-order valence-corrected chi connectivity index (χ4v) is 19.9. The second kappa shape index (κ2) is 45.8. The zero-order valence-corrected chi connectivity index (χ0v) is 89.2. The van der Waals surface area contributed by atoms with Gasteiger partial charge in [0.15, 0.2) is 37.1 Å². The van der Waals surface area contributed by atoms with Gasteiger partial charge in [0.05, 0.1) is 139 Å². The smallest absolute Gasteiger partial charge is 0.496 e. The van der Waals surface area contributed by atoms with Gasteiger partial charge >= 0.3 is 13.1 Å². The molecule has 1 saturated heterocycles. The summed E-state index contributed by atoms with van der Waals surface area (Å²) in [6.07, 6.45) is 12.5. The Balaban J connectivity index is 0.000000143. The molecule has 0 bridgehead atoms. The van der Waals surface area contributed by atoms with Crippen molar-refractivity contribution in [2.45, 2.75) is 152 Å². The minimum Gasteiger partial charge on any atom is -0.535 e. The van der Waals surface area contributed by atoms with Crippen molar-refractivity contribution >= 4 is 186 Å². The lowest BCUT2D eigenvalue weighted by molar-refractivity contribution is -0.136. The predicted octanol–water partition coefficient (Wildman–Crippen LogP) is 19.0. The van der Waals surface area contributed by atoms with Crippen LogP contribution in [0.1, 0.15) is 100 Å². The topological polar surface area (TPSA) is 460 Å². The van der Waals surface area contributed by atoms with Crippen molar-refractivity contribution in [3.63, 3.8) is 0 Å². The third kappa shape index (κ3) is 28.3. The molecule has 1 aliphatic heterocycles. The molecule has 47 heteroatoms. The molecule has 141 heavy (non-hydrogen) atoms. The molecular weight excluding hydrogens is 2110 g/mol. The van der Waals surface area contributed by atoms with Crippen LogP contribution in [-0.4, -0.2) is 156 Å². The van der Waals surface area contributed by atoms with Gasteiger partial charge in [0.1, 0.15) is 34.6 Å². The monoisotopic (exact) mass is 2210 g/mol. The first kappa shape index (κ1) is 106. The summed E-state index contributed by atoms with van der Waals surface area (Å²) < 4.78 is 84.0. The third-order valence-corrected chi connectivity index (χ3v) is 28.2. The molecule has 0 unspecified atom stereocenters. The number of aliphatic carboxylic acids is 1. The van der Waals surface area contributed by atoms with E-state index in [0.29, 0.717) is 94.6 Å². The highest BCUT2D eigenvalue weighted by atomic mass is 79.9. The lowest BCUT2D eigenvalue weighted by Gasteiger charge is -2.32. The van der Waals surface area contributed by atoms with E-state index in [1.54, 1.807) is 93.5 Å². The van der Waals surface area contributed by atoms with Crippen LogP contribution in [-0.2, 0) is 62.1 Å². The Morgan fingerprint density at radius 3 is 1.32 bits per heavy atom. The number of fused-ring (bicyclic) bond motifs is 4. The van der Waals surface area contributed by atoms with E-state index in [1.807, 2.05) is 109 Å². The van der Waals surface area contributed by atoms with Crippen molar-refractivity contribution in [1.82, 2.24) is 103 Å². The van der Waals surface area contributed by atoms with Crippen molar-refractivity contribution in [2.75, 3.05) is 22.9 Å². The van der Waals surface area contributed by atoms with Gasteiger partial charge in [-0.05, 0) is 263 Å². The van der Waals surface area contributed by atoms with Crippen molar-refractivity contribution in [2.24, 2.45) is 10.4 Å². The van der Waals surface area contributed by atoms with Gasteiger partial charge in [0, 0.05) is 100.0 Å². The summed E-state index contributed by atoms with van der Waals surface area (Å²) in [5, 5.41) is 31.6. The molecule has 730 valence electrons. The SMILES string of the molecule is CC(=N[Si](C)(C)C)O[Si](C)(C)C.CC1(C)OB(c2ccc3nccn3c2)OC1(C)C.Cc1nc(CC(=O)NCc2nc(N)nc(-c3ccc(F)cc3)c2Br)cs1.Cc1nc(CC(=O)O)cs1.Cc1nc(Cc2nc3c(-c4ccc5nccn5c4)c(-c4ccc(F)cc4)nc(N)n3n2)cs1.Cc1nc(Cc2nc3c(Br)c(-c4ccc(F)cc4)nc(N)n3n2)cs1.NCc1nc(N)nc(-c2ccc(F)cc2)c1Br. The number of nitrogens with two attached hydrogens (primary N) is 5. The molecule has 0 radical (unpaired) electrons. The highest BCUT2D eigenvalue weighted by Crippen LogP contribution is 2.40. The summed E-state index contributed by atoms with van der Waals surface area (Å²) in [5.74, 6) is 0.458. The number of carbonyl (C=O) groups is 2. The number of carbonyl (C=O) groups excluding carboxylic acids is 1. The maximum atomic E-state index is 13.6. The Bertz CT molecular complexity index is 7490. The number of rotatable bonds is 19. The molecule has 1 amide bonds. The van der Waals surface area contributed by atoms with E-state index >= 15 is 0 Å². The second-order valence-corrected chi connectivity index (χ2v) is 50.3. The highest BCUT2D eigenvalue weighted by Gasteiger charge is 2.52. The standard InChI is InChI=1S/C23H17FN8S.C17H15BrFN5OS.C16H12BrFN6S.C13H17BN2O2.C11H10BrFN4.C8H21NOSi2.C6H7NO2S/c1-13-27-17(12-33-13)10-18-28-22-20(15-4-7-19-26-8-9-31(19)11-15)21(29-23(25)32(22)30-18)14-2-5-16(24)6-3-14;1-9-22-12(8-26-9)6-14(25)21-7-13-15(18)16(24-17(20)23-13)10-2-4-11(19)5-3-10;1-8-20-11(7-25-8)6-12-21-15-13(17)14(22-16(19)24(15)23-12)9-2-4-10(18)5-3-9;1-12(2)13(3,4)18-14(17-12)10-5-6-11-15-7-8-16(11)9-10;12-9-8(5-14)16-11(15)17-10(9)6-1-3-7(13)4-2-6;1-8(9-11(2,3)4)10-12(5,6)7;1-4-7-5(3-10-4)2-6(8)9/h2-9,11-12H,10H2,1H3,(H2,25,29);2-5,8H,6-7H2,1H3,(H,21,25)(H2,20,23,24);2-5,7H,6H2,1H3,(H2,19,22);5-9H,1-4H3;1-4H,5,14H2,(H2,15,16,17);1-7H3;3H,2H2,1H3,(H,8,9). The summed E-state index contributed by atoms with van der Waals surface area (Å²) in [5.41, 5.74) is 43.8. The van der Waals surface area contributed by atoms with Crippen LogP contribution in [0.4, 0.5) is 41.4 Å². The van der Waals surface area contributed by atoms with E-state index in [4.69, 9.17) is 52.5 Å². The van der Waals surface area contributed by atoms with Gasteiger partial charge in [-0.1, -0.05) is 6.07 Å². The van der Waals surface area contributed by atoms with Crippen LogP contribution < -0.4 is 39.4 Å². The Hall–Kier alpha value is -12.8. The van der Waals surface area contributed by atoms with Crippen LogP contribution in [0, 0.1) is 51.0 Å². The van der Waals surface area contributed by atoms with Gasteiger partial charge in [-0.15, -0.1) is 55.5 Å². The molecule has 4 aromatic carbocycles. The summed E-state index contributed by atoms with van der Waals surface area (Å²) in [6.45, 7) is 31.5. The number of pyridine rings is 2. The summed E-state index contributed by atoms with van der Waals surface area (Å²) in [7, 11) is -3.08. The maximum absolute atomic E-state index is 13.6. The molecule has 15 heterocycles. The van der Waals surface area contributed by atoms with Gasteiger partial charge in [0.2, 0.25) is 38.0 Å². The molecule has 19 rings (SSSR count). The van der Waals surface area contributed by atoms with E-state index in [0.717, 1.165) is 87.6 Å². The molecular formula is C94H99BBr3F4N27O6S4Si2. The Labute approximate surface area is 852 Å². The molecule has 1 aliphatic rings. The zero-order valence-electron chi connectivity index (χ0n) is 79.2. The average molecular weight is 2210 g/mol. The lowest BCUT2D eigenvalue weighted by atomic mass is 9.80. The average Bonchev–Trinajstić information content (AvgIpc) is 1.62. The van der Waals surface area contributed by atoms with E-state index in [1.165, 1.54) is 75.7 Å². The summed E-state index contributed by atoms with van der Waals surface area (Å²) in [4.78, 5) is 82.9. The first-order chi connectivity index (χ1) is 66.8. The van der Waals surface area contributed by atoms with Crippen LogP contribution in [0.2, 0.25) is 39.3 Å². The Morgan fingerprint density at radius 1 is 0.496 bits per heavy atom. The van der Waals surface area contributed by atoms with E-state index in [9.17, 15) is 27.2 Å². The Morgan fingerprint density at radius 2 is 0.887 bits per heavy atom. The molecule has 0 spiro atoms. The molecule has 33 nitrogen and oxygen atoms in total. The number of amides is 1. The fourth-order valence-electron chi connectivity index (χ4n) is 13.8. The fraction of sp³-hybridized carbons (Fsp3) is 0.245. The number of carboxylic acid groups (broad SMARTS) is 1. The van der Waals surface area contributed by atoms with Crippen molar-refractivity contribution in [3.8, 4) is 56.2 Å². The molecule has 18 aromatic rings. The number of aromatic nitrogens is 20. The minimum atomic E-state index is -1.43. The molecule has 0 atom stereocenters. The number of imidazole rings is 2. The summed E-state index contributed by atoms with van der Waals surface area (Å²) >= 11 is 16.5.